The van der Waals surface area contributed by atoms with E-state index < -0.39 is 17.5 Å². The molecule has 5 nitrogen and oxygen atoms in total. The first-order valence-electron chi connectivity index (χ1n) is 8.25. The van der Waals surface area contributed by atoms with E-state index in [0.29, 0.717) is 33.3 Å². The zero-order valence-electron chi connectivity index (χ0n) is 14.9. The van der Waals surface area contributed by atoms with Crippen molar-refractivity contribution in [1.29, 1.82) is 0 Å². The summed E-state index contributed by atoms with van der Waals surface area (Å²) in [5.74, 6) is -1.49. The number of fused-ring (bicyclic) bond motifs is 1. The van der Waals surface area contributed by atoms with Crippen LogP contribution in [0.1, 0.15) is 16.1 Å². The molecule has 0 unspecified atom stereocenters. The van der Waals surface area contributed by atoms with Crippen molar-refractivity contribution in [2.24, 2.45) is 0 Å². The molecule has 0 bridgehead atoms. The number of nitrogens with zero attached hydrogens (tertiary/aromatic N) is 1. The fraction of sp³-hybridized carbons (Fsp3) is 0.100. The van der Waals surface area contributed by atoms with E-state index in [1.807, 2.05) is 0 Å². The Bertz CT molecular complexity index is 1200. The van der Waals surface area contributed by atoms with E-state index in [4.69, 9.17) is 9.15 Å². The molecule has 2 heterocycles. The summed E-state index contributed by atoms with van der Waals surface area (Å²) in [6.07, 6.45) is 0. The van der Waals surface area contributed by atoms with Gasteiger partial charge in [-0.3, -0.25) is 10.1 Å². The second-order valence-electron chi connectivity index (χ2n) is 6.04. The molecule has 1 N–H and O–H groups in total. The molecular weight excluding hydrogens is 386 g/mol. The zero-order valence-corrected chi connectivity index (χ0v) is 15.7. The fourth-order valence-corrected chi connectivity index (χ4v) is 3.53. The van der Waals surface area contributed by atoms with Gasteiger partial charge in [0.2, 0.25) is 0 Å². The van der Waals surface area contributed by atoms with E-state index in [0.717, 1.165) is 17.5 Å². The fourth-order valence-electron chi connectivity index (χ4n) is 2.82. The number of benzene rings is 2. The molecule has 28 heavy (non-hydrogen) atoms. The highest BCUT2D eigenvalue weighted by molar-refractivity contribution is 7.14. The quantitative estimate of drug-likeness (QED) is 0.498. The standard InChI is InChI=1S/C20H14F2N2O3S/c1-10-13-8-12(26-2)4-6-17(13)27-18(10)19(25)24-20-23-16(9-28-20)11-3-5-14(21)15(22)7-11/h3-9H,1-2H3,(H,23,24,25). The van der Waals surface area contributed by atoms with Crippen molar-refractivity contribution in [1.82, 2.24) is 4.98 Å². The van der Waals surface area contributed by atoms with Gasteiger partial charge in [-0.2, -0.15) is 0 Å². The van der Waals surface area contributed by atoms with Gasteiger partial charge in [0.15, 0.2) is 22.5 Å². The molecule has 4 aromatic rings. The normalized spacial score (nSPS) is 11.0. The highest BCUT2D eigenvalue weighted by atomic mass is 32.1. The van der Waals surface area contributed by atoms with Crippen LogP contribution in [-0.2, 0) is 0 Å². The molecule has 4 rings (SSSR count). The second-order valence-corrected chi connectivity index (χ2v) is 6.90. The van der Waals surface area contributed by atoms with Gasteiger partial charge >= 0.3 is 0 Å². The largest absolute Gasteiger partial charge is 0.497 e. The molecule has 2 aromatic heterocycles. The Kier molecular flexibility index (Phi) is 4.56. The highest BCUT2D eigenvalue weighted by Gasteiger charge is 2.19. The van der Waals surface area contributed by atoms with Crippen LogP contribution < -0.4 is 10.1 Å². The van der Waals surface area contributed by atoms with Crippen LogP contribution in [0.2, 0.25) is 0 Å². The van der Waals surface area contributed by atoms with E-state index in [1.54, 1.807) is 37.6 Å². The van der Waals surface area contributed by atoms with Crippen molar-refractivity contribution in [3.05, 3.63) is 64.7 Å². The first-order chi connectivity index (χ1) is 13.5. The van der Waals surface area contributed by atoms with Crippen molar-refractivity contribution in [2.75, 3.05) is 12.4 Å². The van der Waals surface area contributed by atoms with Crippen molar-refractivity contribution in [2.45, 2.75) is 6.92 Å². The first kappa shape index (κ1) is 18.1. The minimum absolute atomic E-state index is 0.174. The van der Waals surface area contributed by atoms with Crippen LogP contribution in [0.15, 0.2) is 46.2 Å². The number of aromatic nitrogens is 1. The molecular formula is C20H14F2N2O3S. The van der Waals surface area contributed by atoms with Gasteiger partial charge in [0, 0.05) is 21.9 Å². The molecule has 0 aliphatic carbocycles. The van der Waals surface area contributed by atoms with E-state index in [-0.39, 0.29) is 5.76 Å². The number of aryl methyl sites for hydroxylation is 1. The highest BCUT2D eigenvalue weighted by Crippen LogP contribution is 2.30. The Morgan fingerprint density at radius 1 is 1.18 bits per heavy atom. The summed E-state index contributed by atoms with van der Waals surface area (Å²) in [4.78, 5) is 16.9. The van der Waals surface area contributed by atoms with Crippen LogP contribution in [-0.4, -0.2) is 18.0 Å². The number of hydrogen-bond acceptors (Lipinski definition) is 5. The van der Waals surface area contributed by atoms with Crippen LogP contribution in [0.4, 0.5) is 13.9 Å². The van der Waals surface area contributed by atoms with Gasteiger partial charge in [0.1, 0.15) is 11.3 Å². The molecule has 0 aliphatic heterocycles. The molecule has 0 fully saturated rings. The number of methoxy groups -OCH3 is 1. The smallest absolute Gasteiger partial charge is 0.293 e. The minimum Gasteiger partial charge on any atom is -0.497 e. The summed E-state index contributed by atoms with van der Waals surface area (Å²) >= 11 is 1.18. The summed E-state index contributed by atoms with van der Waals surface area (Å²) in [6, 6.07) is 8.82. The third kappa shape index (κ3) is 3.22. The molecule has 142 valence electrons. The monoisotopic (exact) mass is 400 g/mol. The maximum absolute atomic E-state index is 13.4. The predicted molar refractivity (Wildman–Crippen MR) is 103 cm³/mol. The van der Waals surface area contributed by atoms with Gasteiger partial charge in [0.25, 0.3) is 5.91 Å². The Morgan fingerprint density at radius 2 is 2.00 bits per heavy atom. The lowest BCUT2D eigenvalue weighted by Crippen LogP contribution is -2.11. The molecule has 8 heteroatoms. The number of anilines is 1. The molecule has 0 saturated carbocycles. The second kappa shape index (κ2) is 7.05. The van der Waals surface area contributed by atoms with Gasteiger partial charge in [-0.1, -0.05) is 0 Å². The van der Waals surface area contributed by atoms with Crippen LogP contribution in [0, 0.1) is 18.6 Å². The summed E-state index contributed by atoms with van der Waals surface area (Å²) in [5.41, 5.74) is 2.11. The number of carbonyl (C=O) groups is 1. The van der Waals surface area contributed by atoms with Gasteiger partial charge < -0.3 is 9.15 Å². The number of furan rings is 1. The van der Waals surface area contributed by atoms with Crippen LogP contribution in [0.3, 0.4) is 0 Å². The van der Waals surface area contributed by atoms with E-state index >= 15 is 0 Å². The number of carbonyl (C=O) groups excluding carboxylic acids is 1. The predicted octanol–water partition coefficient (Wildman–Crippen LogP) is 5.40. The van der Waals surface area contributed by atoms with E-state index in [9.17, 15) is 13.6 Å². The summed E-state index contributed by atoms with van der Waals surface area (Å²) < 4.78 is 37.4. The molecule has 1 amide bonds. The molecule has 0 spiro atoms. The summed E-state index contributed by atoms with van der Waals surface area (Å²) in [7, 11) is 1.57. The van der Waals surface area contributed by atoms with Crippen molar-refractivity contribution < 1.29 is 22.7 Å². The minimum atomic E-state index is -0.954. The van der Waals surface area contributed by atoms with E-state index in [1.165, 1.54) is 17.4 Å². The molecule has 0 saturated heterocycles. The summed E-state index contributed by atoms with van der Waals surface area (Å²) in [6.45, 7) is 1.79. The number of hydrogen-bond donors (Lipinski definition) is 1. The van der Waals surface area contributed by atoms with Gasteiger partial charge in [0.05, 0.1) is 12.8 Å². The number of nitrogens with one attached hydrogen (secondary N) is 1. The number of halogens is 2. The van der Waals surface area contributed by atoms with Crippen LogP contribution in [0.25, 0.3) is 22.2 Å². The Balaban J connectivity index is 1.59. The lowest BCUT2D eigenvalue weighted by Gasteiger charge is -2.00. The third-order valence-corrected chi connectivity index (χ3v) is 5.05. The maximum atomic E-state index is 13.4. The average Bonchev–Trinajstić information content (AvgIpc) is 3.28. The molecule has 0 radical (unpaired) electrons. The van der Waals surface area contributed by atoms with Crippen LogP contribution >= 0.6 is 11.3 Å². The van der Waals surface area contributed by atoms with Gasteiger partial charge in [-0.05, 0) is 43.3 Å². The van der Waals surface area contributed by atoms with Crippen molar-refractivity contribution >= 4 is 33.3 Å². The number of ether oxygens (including phenoxy) is 1. The number of rotatable bonds is 4. The Labute approximate surface area is 162 Å². The van der Waals surface area contributed by atoms with Gasteiger partial charge in [-0.15, -0.1) is 11.3 Å². The molecule has 0 aliphatic rings. The van der Waals surface area contributed by atoms with Crippen molar-refractivity contribution in [3.63, 3.8) is 0 Å². The summed E-state index contributed by atoms with van der Waals surface area (Å²) in [5, 5.41) is 5.44. The lowest BCUT2D eigenvalue weighted by atomic mass is 10.1. The Morgan fingerprint density at radius 3 is 2.75 bits per heavy atom. The molecule has 2 aromatic carbocycles. The number of amides is 1. The van der Waals surface area contributed by atoms with Crippen molar-refractivity contribution in [3.8, 4) is 17.0 Å². The lowest BCUT2D eigenvalue weighted by molar-refractivity contribution is 0.0998. The maximum Gasteiger partial charge on any atom is 0.293 e. The SMILES string of the molecule is COc1ccc2oc(C(=O)Nc3nc(-c4ccc(F)c(F)c4)cs3)c(C)c2c1. The Hall–Kier alpha value is -3.26. The third-order valence-electron chi connectivity index (χ3n) is 4.29. The van der Waals surface area contributed by atoms with Crippen LogP contribution in [0.5, 0.6) is 5.75 Å². The van der Waals surface area contributed by atoms with E-state index in [2.05, 4.69) is 10.3 Å². The topological polar surface area (TPSA) is 64.4 Å². The molecule has 0 atom stereocenters. The zero-order chi connectivity index (χ0) is 19.8. The average molecular weight is 400 g/mol. The van der Waals surface area contributed by atoms with Gasteiger partial charge in [-0.25, -0.2) is 13.8 Å². The number of thiazole rings is 1. The first-order valence-corrected chi connectivity index (χ1v) is 9.13.